The molecule has 1 aromatic carbocycles. The fraction of sp³-hybridized carbons (Fsp3) is 0.308. The number of ether oxygens (including phenoxy) is 1. The lowest BCUT2D eigenvalue weighted by molar-refractivity contribution is 0.0719. The summed E-state index contributed by atoms with van der Waals surface area (Å²) in [5, 5.41) is 0.383. The maximum Gasteiger partial charge on any atom is 0.304 e. The van der Waals surface area contributed by atoms with Gasteiger partial charge in [0.1, 0.15) is 11.4 Å². The number of carbonyl (C=O) groups is 1. The average Bonchev–Trinajstić information content (AvgIpc) is 2.95. The average molecular weight is 328 g/mol. The van der Waals surface area contributed by atoms with Crippen molar-refractivity contribution in [3.63, 3.8) is 0 Å². The number of hydrogen-bond donors (Lipinski definition) is 1. The molecule has 0 saturated carbocycles. The second kappa shape index (κ2) is 5.67. The van der Waals surface area contributed by atoms with Gasteiger partial charge in [0.05, 0.1) is 25.0 Å². The minimum absolute atomic E-state index is 0.135. The van der Waals surface area contributed by atoms with Gasteiger partial charge < -0.3 is 9.15 Å². The minimum atomic E-state index is -4.01. The van der Waals surface area contributed by atoms with E-state index in [0.717, 1.165) is 10.4 Å². The first-order valence-electron chi connectivity index (χ1n) is 6.54. The maximum absolute atomic E-state index is 13.5. The van der Waals surface area contributed by atoms with E-state index in [0.29, 0.717) is 5.39 Å². The first-order valence-corrected chi connectivity index (χ1v) is 7.98. The number of halogens is 1. The summed E-state index contributed by atoms with van der Waals surface area (Å²) in [7, 11) is -4.01. The molecule has 0 bridgehead atoms. The molecule has 1 N–H and O–H groups in total. The third-order valence-corrected chi connectivity index (χ3v) is 4.78. The van der Waals surface area contributed by atoms with Crippen molar-refractivity contribution in [2.24, 2.45) is 0 Å². The van der Waals surface area contributed by atoms with Crippen LogP contribution in [0.4, 0.5) is 4.39 Å². The lowest BCUT2D eigenvalue weighted by Gasteiger charge is -2.25. The molecule has 1 aliphatic rings. The standard InChI is InChI=1S/C13H13FN2O5S/c14-10-7-9-1-4-21-12(9)11(8-10)13(17)15-22(18,19)16-2-5-20-6-3-16/h1,4,7-8H,2-3,5-6H2,(H,15,17). The van der Waals surface area contributed by atoms with E-state index in [1.165, 1.54) is 18.4 Å². The Morgan fingerprint density at radius 3 is 2.73 bits per heavy atom. The molecule has 0 atom stereocenters. The Bertz CT molecular complexity index is 811. The summed E-state index contributed by atoms with van der Waals surface area (Å²) in [6.45, 7) is 0.832. The van der Waals surface area contributed by atoms with Crippen LogP contribution in [0, 0.1) is 5.82 Å². The Morgan fingerprint density at radius 1 is 1.27 bits per heavy atom. The van der Waals surface area contributed by atoms with Gasteiger partial charge in [0.15, 0.2) is 0 Å². The summed E-state index contributed by atoms with van der Waals surface area (Å²) in [5.41, 5.74) is -0.0343. The van der Waals surface area contributed by atoms with Gasteiger partial charge in [-0.05, 0) is 18.2 Å². The molecule has 7 nitrogen and oxygen atoms in total. The van der Waals surface area contributed by atoms with Gasteiger partial charge in [0.25, 0.3) is 5.91 Å². The van der Waals surface area contributed by atoms with Crippen molar-refractivity contribution in [1.82, 2.24) is 9.03 Å². The lowest BCUT2D eigenvalue weighted by Crippen LogP contribution is -2.48. The number of nitrogens with zero attached hydrogens (tertiary/aromatic N) is 1. The van der Waals surface area contributed by atoms with E-state index < -0.39 is 21.9 Å². The molecule has 0 radical (unpaired) electrons. The van der Waals surface area contributed by atoms with Crippen LogP contribution in [0.2, 0.25) is 0 Å². The number of furan rings is 1. The highest BCUT2D eigenvalue weighted by molar-refractivity contribution is 7.87. The fourth-order valence-electron chi connectivity index (χ4n) is 2.24. The molecule has 1 aromatic heterocycles. The van der Waals surface area contributed by atoms with Gasteiger partial charge in [0, 0.05) is 18.5 Å². The van der Waals surface area contributed by atoms with E-state index >= 15 is 0 Å². The molecule has 2 heterocycles. The lowest BCUT2D eigenvalue weighted by atomic mass is 10.1. The van der Waals surface area contributed by atoms with Crippen LogP contribution in [0.1, 0.15) is 10.4 Å². The molecule has 1 fully saturated rings. The molecule has 22 heavy (non-hydrogen) atoms. The quantitative estimate of drug-likeness (QED) is 0.903. The fourth-order valence-corrected chi connectivity index (χ4v) is 3.34. The zero-order chi connectivity index (χ0) is 15.7. The number of rotatable bonds is 3. The Balaban J connectivity index is 1.88. The predicted molar refractivity (Wildman–Crippen MR) is 75.0 cm³/mol. The summed E-state index contributed by atoms with van der Waals surface area (Å²) < 4.78 is 51.0. The molecule has 0 unspecified atom stereocenters. The van der Waals surface area contributed by atoms with Crippen LogP contribution in [-0.4, -0.2) is 44.9 Å². The van der Waals surface area contributed by atoms with Crippen molar-refractivity contribution in [3.05, 3.63) is 35.8 Å². The van der Waals surface area contributed by atoms with Crippen molar-refractivity contribution in [2.45, 2.75) is 0 Å². The molecule has 2 aromatic rings. The van der Waals surface area contributed by atoms with Crippen LogP contribution in [0.3, 0.4) is 0 Å². The van der Waals surface area contributed by atoms with E-state index in [1.807, 2.05) is 4.72 Å². The molecule has 1 saturated heterocycles. The van der Waals surface area contributed by atoms with Gasteiger partial charge in [-0.15, -0.1) is 0 Å². The van der Waals surface area contributed by atoms with Gasteiger partial charge in [-0.1, -0.05) is 0 Å². The third kappa shape index (κ3) is 2.82. The minimum Gasteiger partial charge on any atom is -0.464 e. The van der Waals surface area contributed by atoms with Crippen LogP contribution >= 0.6 is 0 Å². The van der Waals surface area contributed by atoms with Crippen LogP contribution in [0.15, 0.2) is 28.9 Å². The molecular formula is C13H13FN2O5S. The van der Waals surface area contributed by atoms with E-state index in [-0.39, 0.29) is 37.4 Å². The number of amides is 1. The van der Waals surface area contributed by atoms with Crippen molar-refractivity contribution in [2.75, 3.05) is 26.3 Å². The van der Waals surface area contributed by atoms with Crippen molar-refractivity contribution >= 4 is 27.1 Å². The summed E-state index contributed by atoms with van der Waals surface area (Å²) in [4.78, 5) is 12.2. The van der Waals surface area contributed by atoms with E-state index in [9.17, 15) is 17.6 Å². The Kier molecular flexibility index (Phi) is 3.85. The Hall–Kier alpha value is -1.97. The highest BCUT2D eigenvalue weighted by Gasteiger charge is 2.27. The summed E-state index contributed by atoms with van der Waals surface area (Å²) in [5.74, 6) is -1.59. The first-order chi connectivity index (χ1) is 10.5. The van der Waals surface area contributed by atoms with E-state index in [4.69, 9.17) is 9.15 Å². The monoisotopic (exact) mass is 328 g/mol. The maximum atomic E-state index is 13.5. The molecule has 1 aliphatic heterocycles. The number of fused-ring (bicyclic) bond motifs is 1. The SMILES string of the molecule is O=C(NS(=O)(=O)N1CCOCC1)c1cc(F)cc2ccoc12. The molecular weight excluding hydrogens is 315 g/mol. The highest BCUT2D eigenvalue weighted by atomic mass is 32.2. The predicted octanol–water partition coefficient (Wildman–Crippen LogP) is 0.879. The molecule has 0 spiro atoms. The summed E-state index contributed by atoms with van der Waals surface area (Å²) >= 11 is 0. The number of nitrogens with one attached hydrogen (secondary N) is 1. The Morgan fingerprint density at radius 2 is 2.00 bits per heavy atom. The van der Waals surface area contributed by atoms with Crippen molar-refractivity contribution in [1.29, 1.82) is 0 Å². The zero-order valence-corrected chi connectivity index (χ0v) is 12.2. The van der Waals surface area contributed by atoms with Crippen LogP contribution in [-0.2, 0) is 14.9 Å². The topological polar surface area (TPSA) is 88.9 Å². The molecule has 0 aliphatic carbocycles. The van der Waals surface area contributed by atoms with Crippen LogP contribution in [0.25, 0.3) is 11.0 Å². The number of hydrogen-bond acceptors (Lipinski definition) is 5. The Labute approximate surface area is 125 Å². The first kappa shape index (κ1) is 14.9. The van der Waals surface area contributed by atoms with Crippen LogP contribution in [0.5, 0.6) is 0 Å². The van der Waals surface area contributed by atoms with Crippen molar-refractivity contribution < 1.29 is 26.8 Å². The highest BCUT2D eigenvalue weighted by Crippen LogP contribution is 2.22. The van der Waals surface area contributed by atoms with E-state index in [1.54, 1.807) is 0 Å². The largest absolute Gasteiger partial charge is 0.464 e. The third-order valence-electron chi connectivity index (χ3n) is 3.29. The van der Waals surface area contributed by atoms with Gasteiger partial charge in [-0.2, -0.15) is 12.7 Å². The summed E-state index contributed by atoms with van der Waals surface area (Å²) in [6, 6.07) is 3.63. The van der Waals surface area contributed by atoms with Gasteiger partial charge in [-0.3, -0.25) is 4.79 Å². The second-order valence-electron chi connectivity index (χ2n) is 4.74. The van der Waals surface area contributed by atoms with E-state index in [2.05, 4.69) is 0 Å². The van der Waals surface area contributed by atoms with Gasteiger partial charge in [-0.25, -0.2) is 9.11 Å². The van der Waals surface area contributed by atoms with Gasteiger partial charge >= 0.3 is 10.2 Å². The number of benzene rings is 1. The normalized spacial score (nSPS) is 16.8. The number of carbonyl (C=O) groups excluding carboxylic acids is 1. The second-order valence-corrected chi connectivity index (χ2v) is 6.41. The molecule has 9 heteroatoms. The van der Waals surface area contributed by atoms with Crippen molar-refractivity contribution in [3.8, 4) is 0 Å². The molecule has 3 rings (SSSR count). The smallest absolute Gasteiger partial charge is 0.304 e. The van der Waals surface area contributed by atoms with Crippen LogP contribution < -0.4 is 4.72 Å². The number of morpholine rings is 1. The molecule has 118 valence electrons. The summed E-state index contributed by atoms with van der Waals surface area (Å²) in [6.07, 6.45) is 1.30. The van der Waals surface area contributed by atoms with Gasteiger partial charge in [0.2, 0.25) is 0 Å². The zero-order valence-electron chi connectivity index (χ0n) is 11.4. The molecule has 1 amide bonds.